The number of ether oxygens (including phenoxy) is 1. The second kappa shape index (κ2) is 5.19. The average molecular weight is 230 g/mol. The molecular weight excluding hydrogens is 212 g/mol. The summed E-state index contributed by atoms with van der Waals surface area (Å²) in [5, 5.41) is 12.5. The van der Waals surface area contributed by atoms with Gasteiger partial charge in [-0.1, -0.05) is 43.7 Å². The molecule has 2 rings (SSSR count). The SMILES string of the molecule is CCCC(O)c1c(OC)ccc2ccccc12. The van der Waals surface area contributed by atoms with Crippen molar-refractivity contribution in [3.8, 4) is 5.75 Å². The minimum atomic E-state index is -0.457. The predicted octanol–water partition coefficient (Wildman–Crippen LogP) is 3.68. The van der Waals surface area contributed by atoms with Crippen molar-refractivity contribution < 1.29 is 9.84 Å². The Hall–Kier alpha value is -1.54. The molecule has 1 N–H and O–H groups in total. The standard InChI is InChI=1S/C15H18O2/c1-3-6-13(16)15-12-8-5-4-7-11(12)9-10-14(15)17-2/h4-5,7-10,13,16H,3,6H2,1-2H3. The minimum absolute atomic E-state index is 0.457. The van der Waals surface area contributed by atoms with Crippen molar-refractivity contribution in [2.24, 2.45) is 0 Å². The molecule has 17 heavy (non-hydrogen) atoms. The van der Waals surface area contributed by atoms with Crippen molar-refractivity contribution in [1.82, 2.24) is 0 Å². The van der Waals surface area contributed by atoms with E-state index in [1.165, 1.54) is 0 Å². The van der Waals surface area contributed by atoms with Crippen LogP contribution in [0.1, 0.15) is 31.4 Å². The Kier molecular flexibility index (Phi) is 3.64. The summed E-state index contributed by atoms with van der Waals surface area (Å²) in [5.74, 6) is 0.768. The molecule has 0 aliphatic rings. The molecule has 0 bridgehead atoms. The first kappa shape index (κ1) is 11.9. The molecule has 2 aromatic carbocycles. The van der Waals surface area contributed by atoms with Gasteiger partial charge in [-0.2, -0.15) is 0 Å². The highest BCUT2D eigenvalue weighted by Crippen LogP contribution is 2.34. The van der Waals surface area contributed by atoms with Crippen molar-refractivity contribution in [3.05, 3.63) is 42.0 Å². The Bertz CT molecular complexity index is 505. The molecule has 0 radical (unpaired) electrons. The van der Waals surface area contributed by atoms with Crippen molar-refractivity contribution in [2.75, 3.05) is 7.11 Å². The largest absolute Gasteiger partial charge is 0.496 e. The van der Waals surface area contributed by atoms with Gasteiger partial charge in [0.05, 0.1) is 13.2 Å². The second-order valence-corrected chi connectivity index (χ2v) is 4.21. The van der Waals surface area contributed by atoms with E-state index < -0.39 is 6.10 Å². The first-order valence-corrected chi connectivity index (χ1v) is 6.01. The number of methoxy groups -OCH3 is 1. The van der Waals surface area contributed by atoms with Crippen LogP contribution in [0.25, 0.3) is 10.8 Å². The topological polar surface area (TPSA) is 29.5 Å². The molecule has 0 heterocycles. The van der Waals surface area contributed by atoms with Crippen LogP contribution in [-0.2, 0) is 0 Å². The fourth-order valence-corrected chi connectivity index (χ4v) is 2.22. The molecule has 0 saturated carbocycles. The van der Waals surface area contributed by atoms with Crippen molar-refractivity contribution in [1.29, 1.82) is 0 Å². The molecule has 1 atom stereocenters. The van der Waals surface area contributed by atoms with Crippen molar-refractivity contribution in [2.45, 2.75) is 25.9 Å². The Morgan fingerprint density at radius 3 is 2.65 bits per heavy atom. The van der Waals surface area contributed by atoms with Gasteiger partial charge in [-0.15, -0.1) is 0 Å². The van der Waals surface area contributed by atoms with Gasteiger partial charge in [0.15, 0.2) is 0 Å². The van der Waals surface area contributed by atoms with Crippen LogP contribution in [-0.4, -0.2) is 12.2 Å². The van der Waals surface area contributed by atoms with Gasteiger partial charge < -0.3 is 9.84 Å². The van der Waals surface area contributed by atoms with Gasteiger partial charge in [-0.05, 0) is 23.3 Å². The molecule has 0 spiro atoms. The summed E-state index contributed by atoms with van der Waals surface area (Å²) in [7, 11) is 1.65. The maximum absolute atomic E-state index is 10.3. The lowest BCUT2D eigenvalue weighted by atomic mass is 9.97. The Balaban J connectivity index is 2.62. The number of aliphatic hydroxyl groups is 1. The lowest BCUT2D eigenvalue weighted by Crippen LogP contribution is -2.01. The van der Waals surface area contributed by atoms with Crippen molar-refractivity contribution >= 4 is 10.8 Å². The number of fused-ring (bicyclic) bond motifs is 1. The van der Waals surface area contributed by atoms with Crippen molar-refractivity contribution in [3.63, 3.8) is 0 Å². The monoisotopic (exact) mass is 230 g/mol. The lowest BCUT2D eigenvalue weighted by Gasteiger charge is -2.16. The number of rotatable bonds is 4. The molecule has 0 saturated heterocycles. The first-order chi connectivity index (χ1) is 8.27. The maximum atomic E-state index is 10.3. The van der Waals surface area contributed by atoms with E-state index >= 15 is 0 Å². The summed E-state index contributed by atoms with van der Waals surface area (Å²) >= 11 is 0. The maximum Gasteiger partial charge on any atom is 0.125 e. The average Bonchev–Trinajstić information content (AvgIpc) is 2.37. The molecule has 90 valence electrons. The van der Waals surface area contributed by atoms with Crippen LogP contribution in [0.5, 0.6) is 5.75 Å². The third-order valence-corrected chi connectivity index (χ3v) is 3.05. The number of hydrogen-bond donors (Lipinski definition) is 1. The van der Waals surface area contributed by atoms with E-state index in [1.54, 1.807) is 7.11 Å². The molecule has 2 heteroatoms. The first-order valence-electron chi connectivity index (χ1n) is 6.01. The van der Waals surface area contributed by atoms with Crippen LogP contribution in [0.3, 0.4) is 0 Å². The van der Waals surface area contributed by atoms with Crippen LogP contribution in [0, 0.1) is 0 Å². The molecule has 0 fully saturated rings. The lowest BCUT2D eigenvalue weighted by molar-refractivity contribution is 0.164. The molecule has 2 aromatic rings. The van der Waals surface area contributed by atoms with E-state index in [4.69, 9.17) is 4.74 Å². The van der Waals surface area contributed by atoms with E-state index in [1.807, 2.05) is 30.3 Å². The van der Waals surface area contributed by atoms with E-state index in [9.17, 15) is 5.11 Å². The summed E-state index contributed by atoms with van der Waals surface area (Å²) in [4.78, 5) is 0. The fourth-order valence-electron chi connectivity index (χ4n) is 2.22. The molecule has 1 unspecified atom stereocenters. The summed E-state index contributed by atoms with van der Waals surface area (Å²) in [5.41, 5.74) is 0.910. The van der Waals surface area contributed by atoms with E-state index in [-0.39, 0.29) is 0 Å². The van der Waals surface area contributed by atoms with Gasteiger partial charge in [0, 0.05) is 5.56 Å². The zero-order chi connectivity index (χ0) is 12.3. The van der Waals surface area contributed by atoms with E-state index in [0.717, 1.165) is 34.9 Å². The van der Waals surface area contributed by atoms with Gasteiger partial charge >= 0.3 is 0 Å². The summed E-state index contributed by atoms with van der Waals surface area (Å²) in [6, 6.07) is 12.0. The van der Waals surface area contributed by atoms with Crippen LogP contribution < -0.4 is 4.74 Å². The highest BCUT2D eigenvalue weighted by atomic mass is 16.5. The Morgan fingerprint density at radius 2 is 1.94 bits per heavy atom. The fraction of sp³-hybridized carbons (Fsp3) is 0.333. The Labute approximate surface area is 102 Å². The highest BCUT2D eigenvalue weighted by molar-refractivity contribution is 5.88. The second-order valence-electron chi connectivity index (χ2n) is 4.21. The molecule has 0 aliphatic heterocycles. The third-order valence-electron chi connectivity index (χ3n) is 3.05. The minimum Gasteiger partial charge on any atom is -0.496 e. The van der Waals surface area contributed by atoms with E-state index in [0.29, 0.717) is 0 Å². The summed E-state index contributed by atoms with van der Waals surface area (Å²) in [6.45, 7) is 2.07. The van der Waals surface area contributed by atoms with Gasteiger partial charge in [0.1, 0.15) is 5.75 Å². The van der Waals surface area contributed by atoms with Crippen LogP contribution in [0.15, 0.2) is 36.4 Å². The number of aliphatic hydroxyl groups excluding tert-OH is 1. The predicted molar refractivity (Wildman–Crippen MR) is 70.4 cm³/mol. The van der Waals surface area contributed by atoms with Gasteiger partial charge in [0.2, 0.25) is 0 Å². The quantitative estimate of drug-likeness (QED) is 0.868. The van der Waals surface area contributed by atoms with E-state index in [2.05, 4.69) is 13.0 Å². The van der Waals surface area contributed by atoms with Crippen LogP contribution >= 0.6 is 0 Å². The van der Waals surface area contributed by atoms with Crippen LogP contribution in [0.4, 0.5) is 0 Å². The molecular formula is C15H18O2. The van der Waals surface area contributed by atoms with Crippen LogP contribution in [0.2, 0.25) is 0 Å². The normalized spacial score (nSPS) is 12.6. The smallest absolute Gasteiger partial charge is 0.125 e. The number of hydrogen-bond acceptors (Lipinski definition) is 2. The molecule has 0 aliphatic carbocycles. The summed E-state index contributed by atoms with van der Waals surface area (Å²) < 4.78 is 5.36. The zero-order valence-electron chi connectivity index (χ0n) is 10.3. The van der Waals surface area contributed by atoms with Gasteiger partial charge in [-0.25, -0.2) is 0 Å². The summed E-state index contributed by atoms with van der Waals surface area (Å²) in [6.07, 6.45) is 1.25. The van der Waals surface area contributed by atoms with Gasteiger partial charge in [-0.3, -0.25) is 0 Å². The van der Waals surface area contributed by atoms with Gasteiger partial charge in [0.25, 0.3) is 0 Å². The Morgan fingerprint density at radius 1 is 1.18 bits per heavy atom. The third kappa shape index (κ3) is 2.27. The zero-order valence-corrected chi connectivity index (χ0v) is 10.3. The molecule has 0 amide bonds. The number of benzene rings is 2. The highest BCUT2D eigenvalue weighted by Gasteiger charge is 2.15. The molecule has 0 aromatic heterocycles. The molecule has 2 nitrogen and oxygen atoms in total.